The van der Waals surface area contributed by atoms with Crippen molar-refractivity contribution in [3.8, 4) is 11.5 Å². The molecule has 0 bridgehead atoms. The number of ether oxygens (including phenoxy) is 3. The molecular formula is C22H24O3. The molecule has 1 atom stereocenters. The van der Waals surface area contributed by atoms with Gasteiger partial charge in [-0.05, 0) is 72.4 Å². The maximum atomic E-state index is 5.64. The van der Waals surface area contributed by atoms with Gasteiger partial charge >= 0.3 is 0 Å². The Bertz CT molecular complexity index is 719. The normalized spacial score (nSPS) is 20.5. The van der Waals surface area contributed by atoms with Gasteiger partial charge in [-0.25, -0.2) is 0 Å². The van der Waals surface area contributed by atoms with Crippen molar-refractivity contribution >= 4 is 0 Å². The molecule has 2 aromatic carbocycles. The fourth-order valence-corrected chi connectivity index (χ4v) is 4.68. The third kappa shape index (κ3) is 2.81. The van der Waals surface area contributed by atoms with E-state index in [1.54, 1.807) is 11.1 Å². The van der Waals surface area contributed by atoms with Crippen molar-refractivity contribution in [1.82, 2.24) is 0 Å². The molecule has 0 saturated carbocycles. The minimum atomic E-state index is 0.333. The zero-order valence-corrected chi connectivity index (χ0v) is 14.5. The predicted octanol–water partition coefficient (Wildman–Crippen LogP) is 4.46. The highest BCUT2D eigenvalue weighted by Crippen LogP contribution is 2.42. The Hall–Kier alpha value is -2.00. The quantitative estimate of drug-likeness (QED) is 0.828. The van der Waals surface area contributed by atoms with Crippen LogP contribution in [0, 0.1) is 5.92 Å². The summed E-state index contributed by atoms with van der Waals surface area (Å²) in [5.41, 5.74) is 5.89. The molecule has 2 aliphatic heterocycles. The Balaban J connectivity index is 1.56. The number of fused-ring (bicyclic) bond motifs is 2. The van der Waals surface area contributed by atoms with Crippen LogP contribution in [-0.2, 0) is 17.6 Å². The SMILES string of the molecule is c1cc2c(cc1C(c1ccc3c(c1)OCO3)C1CCOCC1)CCC2. The van der Waals surface area contributed by atoms with Gasteiger partial charge in [0, 0.05) is 19.1 Å². The van der Waals surface area contributed by atoms with Crippen molar-refractivity contribution in [2.75, 3.05) is 20.0 Å². The molecule has 0 N–H and O–H groups in total. The van der Waals surface area contributed by atoms with Gasteiger partial charge in [-0.2, -0.15) is 0 Å². The van der Waals surface area contributed by atoms with Crippen LogP contribution in [-0.4, -0.2) is 20.0 Å². The van der Waals surface area contributed by atoms with Crippen molar-refractivity contribution < 1.29 is 14.2 Å². The van der Waals surface area contributed by atoms with E-state index in [1.165, 1.54) is 30.4 Å². The monoisotopic (exact) mass is 336 g/mol. The predicted molar refractivity (Wildman–Crippen MR) is 96.4 cm³/mol. The highest BCUT2D eigenvalue weighted by atomic mass is 16.7. The second kappa shape index (κ2) is 6.38. The fraction of sp³-hybridized carbons (Fsp3) is 0.455. The van der Waals surface area contributed by atoms with E-state index in [9.17, 15) is 0 Å². The molecule has 1 aliphatic carbocycles. The first-order valence-corrected chi connectivity index (χ1v) is 9.47. The van der Waals surface area contributed by atoms with Gasteiger partial charge in [0.25, 0.3) is 0 Å². The van der Waals surface area contributed by atoms with E-state index in [-0.39, 0.29) is 0 Å². The van der Waals surface area contributed by atoms with E-state index in [2.05, 4.69) is 36.4 Å². The summed E-state index contributed by atoms with van der Waals surface area (Å²) in [5.74, 6) is 2.78. The van der Waals surface area contributed by atoms with E-state index < -0.39 is 0 Å². The van der Waals surface area contributed by atoms with Crippen molar-refractivity contribution in [2.45, 2.75) is 38.0 Å². The van der Waals surface area contributed by atoms with Gasteiger partial charge in [-0.3, -0.25) is 0 Å². The first kappa shape index (κ1) is 15.3. The molecule has 0 radical (unpaired) electrons. The molecule has 2 aromatic rings. The van der Waals surface area contributed by atoms with Gasteiger partial charge in [0.05, 0.1) is 0 Å². The molecule has 5 rings (SSSR count). The molecule has 1 saturated heterocycles. The molecule has 130 valence electrons. The van der Waals surface area contributed by atoms with E-state index in [1.807, 2.05) is 0 Å². The van der Waals surface area contributed by atoms with Crippen LogP contribution in [0.3, 0.4) is 0 Å². The van der Waals surface area contributed by atoms with Crippen LogP contribution in [0.2, 0.25) is 0 Å². The zero-order chi connectivity index (χ0) is 16.6. The van der Waals surface area contributed by atoms with Gasteiger partial charge in [-0.1, -0.05) is 24.3 Å². The second-order valence-electron chi connectivity index (χ2n) is 7.42. The molecule has 3 heteroatoms. The van der Waals surface area contributed by atoms with Crippen LogP contribution in [0.25, 0.3) is 0 Å². The maximum absolute atomic E-state index is 5.64. The lowest BCUT2D eigenvalue weighted by molar-refractivity contribution is 0.0616. The third-order valence-corrected chi connectivity index (χ3v) is 5.97. The van der Waals surface area contributed by atoms with E-state index >= 15 is 0 Å². The highest BCUT2D eigenvalue weighted by molar-refractivity contribution is 5.48. The number of aryl methyl sites for hydroxylation is 2. The Morgan fingerprint density at radius 1 is 0.800 bits per heavy atom. The molecule has 3 aliphatic rings. The molecular weight excluding hydrogens is 312 g/mol. The lowest BCUT2D eigenvalue weighted by atomic mass is 9.76. The summed E-state index contributed by atoms with van der Waals surface area (Å²) in [6, 6.07) is 13.7. The Kier molecular flexibility index (Phi) is 3.90. The molecule has 3 nitrogen and oxygen atoms in total. The number of hydrogen-bond donors (Lipinski definition) is 0. The molecule has 2 heterocycles. The summed E-state index contributed by atoms with van der Waals surface area (Å²) in [6.45, 7) is 2.08. The summed E-state index contributed by atoms with van der Waals surface area (Å²) in [4.78, 5) is 0. The molecule has 0 aromatic heterocycles. The number of rotatable bonds is 3. The third-order valence-electron chi connectivity index (χ3n) is 5.97. The lowest BCUT2D eigenvalue weighted by Crippen LogP contribution is -2.23. The van der Waals surface area contributed by atoms with E-state index in [4.69, 9.17) is 14.2 Å². The second-order valence-corrected chi connectivity index (χ2v) is 7.42. The first-order valence-electron chi connectivity index (χ1n) is 9.47. The van der Waals surface area contributed by atoms with Gasteiger partial charge < -0.3 is 14.2 Å². The van der Waals surface area contributed by atoms with Crippen molar-refractivity contribution in [2.24, 2.45) is 5.92 Å². The van der Waals surface area contributed by atoms with E-state index in [0.717, 1.165) is 37.6 Å². The summed E-state index contributed by atoms with van der Waals surface area (Å²) in [6.07, 6.45) is 6.00. The first-order chi connectivity index (χ1) is 12.4. The average molecular weight is 336 g/mol. The molecule has 0 amide bonds. The van der Waals surface area contributed by atoms with E-state index in [0.29, 0.717) is 18.6 Å². The molecule has 1 fully saturated rings. The van der Waals surface area contributed by atoms with Gasteiger partial charge in [0.2, 0.25) is 6.79 Å². The minimum absolute atomic E-state index is 0.333. The summed E-state index contributed by atoms with van der Waals surface area (Å²) >= 11 is 0. The molecule has 0 spiro atoms. The van der Waals surface area contributed by atoms with Gasteiger partial charge in [0.1, 0.15) is 0 Å². The zero-order valence-electron chi connectivity index (χ0n) is 14.5. The summed E-state index contributed by atoms with van der Waals surface area (Å²) in [7, 11) is 0. The Labute approximate surface area is 148 Å². The molecule has 25 heavy (non-hydrogen) atoms. The fourth-order valence-electron chi connectivity index (χ4n) is 4.68. The highest BCUT2D eigenvalue weighted by Gasteiger charge is 2.29. The van der Waals surface area contributed by atoms with Crippen molar-refractivity contribution in [3.63, 3.8) is 0 Å². The lowest BCUT2D eigenvalue weighted by Gasteiger charge is -2.31. The number of benzene rings is 2. The van der Waals surface area contributed by atoms with Crippen LogP contribution in [0.4, 0.5) is 0 Å². The summed E-state index contributed by atoms with van der Waals surface area (Å²) in [5, 5.41) is 0. The van der Waals surface area contributed by atoms with Crippen LogP contribution >= 0.6 is 0 Å². The summed E-state index contributed by atoms with van der Waals surface area (Å²) < 4.78 is 16.8. The Morgan fingerprint density at radius 3 is 2.48 bits per heavy atom. The van der Waals surface area contributed by atoms with Gasteiger partial charge in [0.15, 0.2) is 11.5 Å². The average Bonchev–Trinajstić information content (AvgIpc) is 3.31. The van der Waals surface area contributed by atoms with Crippen LogP contribution in [0.5, 0.6) is 11.5 Å². The largest absolute Gasteiger partial charge is 0.454 e. The van der Waals surface area contributed by atoms with Crippen molar-refractivity contribution in [3.05, 3.63) is 58.7 Å². The maximum Gasteiger partial charge on any atom is 0.231 e. The standard InChI is InChI=1S/C22H24O3/c1-2-15-4-5-18(12-17(15)3-1)22(16-8-10-23-11-9-16)19-6-7-20-21(13-19)25-14-24-20/h4-7,12-13,16,22H,1-3,8-11,14H2. The minimum Gasteiger partial charge on any atom is -0.454 e. The van der Waals surface area contributed by atoms with Crippen molar-refractivity contribution in [1.29, 1.82) is 0 Å². The topological polar surface area (TPSA) is 27.7 Å². The van der Waals surface area contributed by atoms with Crippen LogP contribution in [0.1, 0.15) is 47.4 Å². The van der Waals surface area contributed by atoms with Gasteiger partial charge in [-0.15, -0.1) is 0 Å². The number of hydrogen-bond acceptors (Lipinski definition) is 3. The smallest absolute Gasteiger partial charge is 0.231 e. The molecule has 1 unspecified atom stereocenters. The van der Waals surface area contributed by atoms with Crippen LogP contribution in [0.15, 0.2) is 36.4 Å². The van der Waals surface area contributed by atoms with Crippen LogP contribution < -0.4 is 9.47 Å². The Morgan fingerprint density at radius 2 is 1.56 bits per heavy atom.